The van der Waals surface area contributed by atoms with Crippen molar-refractivity contribution in [2.24, 2.45) is 12.1 Å². The molecule has 9 heteroatoms. The van der Waals surface area contributed by atoms with Gasteiger partial charge >= 0.3 is 5.69 Å². The number of nitrogens with one attached hydrogen (secondary N) is 2. The molecule has 136 valence electrons. The van der Waals surface area contributed by atoms with Crippen LogP contribution in [-0.4, -0.2) is 32.4 Å². The number of aromatic nitrogens is 4. The van der Waals surface area contributed by atoms with Crippen molar-refractivity contribution in [2.45, 2.75) is 19.9 Å². The normalized spacial score (nSPS) is 11.6. The number of methoxy groups -OCH3 is 1. The lowest BCUT2D eigenvalue weighted by Gasteiger charge is -2.11. The highest BCUT2D eigenvalue weighted by Crippen LogP contribution is 2.20. The third kappa shape index (κ3) is 3.10. The maximum absolute atomic E-state index is 12.2. The summed E-state index contributed by atoms with van der Waals surface area (Å²) in [5, 5.41) is 4.19. The summed E-state index contributed by atoms with van der Waals surface area (Å²) in [6.45, 7) is 3.84. The second-order valence-electron chi connectivity index (χ2n) is 6.03. The molecule has 3 aromatic rings. The number of ether oxygens (including phenoxy) is 1. The molecule has 0 aliphatic rings. The third-order valence-electron chi connectivity index (χ3n) is 3.96. The molecular formula is C17H20N6O3. The molecule has 2 N–H and O–H groups in total. The van der Waals surface area contributed by atoms with E-state index in [0.717, 1.165) is 11.3 Å². The number of hydrazone groups is 1. The Balaban J connectivity index is 1.99. The van der Waals surface area contributed by atoms with Crippen molar-refractivity contribution in [2.75, 3.05) is 12.5 Å². The highest BCUT2D eigenvalue weighted by Gasteiger charge is 2.18. The summed E-state index contributed by atoms with van der Waals surface area (Å²) in [6, 6.07) is 7.34. The van der Waals surface area contributed by atoms with E-state index in [0.29, 0.717) is 17.1 Å². The zero-order valence-corrected chi connectivity index (χ0v) is 15.0. The van der Waals surface area contributed by atoms with Crippen LogP contribution in [-0.2, 0) is 7.05 Å². The van der Waals surface area contributed by atoms with Crippen LogP contribution in [0.4, 0.5) is 5.95 Å². The van der Waals surface area contributed by atoms with Crippen molar-refractivity contribution in [1.29, 1.82) is 0 Å². The lowest BCUT2D eigenvalue weighted by molar-refractivity contribution is 0.415. The number of anilines is 1. The van der Waals surface area contributed by atoms with Gasteiger partial charge in [-0.1, -0.05) is 0 Å². The molecule has 0 unspecified atom stereocenters. The molecule has 2 aromatic heterocycles. The molecule has 1 aromatic carbocycles. The second kappa shape index (κ2) is 6.87. The molecule has 0 spiro atoms. The van der Waals surface area contributed by atoms with Crippen LogP contribution in [0.5, 0.6) is 5.75 Å². The maximum atomic E-state index is 12.2. The average Bonchev–Trinajstić information content (AvgIpc) is 3.01. The van der Waals surface area contributed by atoms with Crippen molar-refractivity contribution in [1.82, 2.24) is 19.1 Å². The second-order valence-corrected chi connectivity index (χ2v) is 6.03. The minimum absolute atomic E-state index is 0.0581. The maximum Gasteiger partial charge on any atom is 0.329 e. The van der Waals surface area contributed by atoms with Crippen molar-refractivity contribution < 1.29 is 4.74 Å². The van der Waals surface area contributed by atoms with E-state index in [-0.39, 0.29) is 6.04 Å². The van der Waals surface area contributed by atoms with Gasteiger partial charge in [0.05, 0.1) is 13.3 Å². The number of aryl methyl sites for hydroxylation is 1. The van der Waals surface area contributed by atoms with Gasteiger partial charge in [-0.15, -0.1) is 0 Å². The standard InChI is InChI=1S/C17H20N6O3/c1-10(2)23-13-14(22(3)17(25)20-15(13)24)19-16(23)21-18-9-11-5-7-12(26-4)8-6-11/h5-10H,1-4H3,(H,19,21)(H,20,24,25). The van der Waals surface area contributed by atoms with Gasteiger partial charge in [-0.3, -0.25) is 14.3 Å². The molecule has 0 atom stereocenters. The van der Waals surface area contributed by atoms with E-state index < -0.39 is 11.2 Å². The van der Waals surface area contributed by atoms with E-state index in [9.17, 15) is 9.59 Å². The van der Waals surface area contributed by atoms with Crippen LogP contribution in [0.2, 0.25) is 0 Å². The van der Waals surface area contributed by atoms with Gasteiger partial charge < -0.3 is 9.30 Å². The van der Waals surface area contributed by atoms with Crippen LogP contribution in [0, 0.1) is 0 Å². The topological polar surface area (TPSA) is 106 Å². The summed E-state index contributed by atoms with van der Waals surface area (Å²) in [7, 11) is 3.17. The van der Waals surface area contributed by atoms with Crippen LogP contribution in [0.1, 0.15) is 25.5 Å². The number of benzene rings is 1. The number of hydrogen-bond acceptors (Lipinski definition) is 6. The molecule has 3 rings (SSSR count). The van der Waals surface area contributed by atoms with Gasteiger partial charge in [-0.05, 0) is 43.7 Å². The van der Waals surface area contributed by atoms with Gasteiger partial charge in [0, 0.05) is 13.1 Å². The molecular weight excluding hydrogens is 336 g/mol. The number of hydrogen-bond donors (Lipinski definition) is 2. The molecule has 26 heavy (non-hydrogen) atoms. The van der Waals surface area contributed by atoms with Crippen molar-refractivity contribution in [3.05, 3.63) is 50.7 Å². The Morgan fingerprint density at radius 1 is 1.27 bits per heavy atom. The summed E-state index contributed by atoms with van der Waals surface area (Å²) < 4.78 is 8.12. The first kappa shape index (κ1) is 17.5. The lowest BCUT2D eigenvalue weighted by Crippen LogP contribution is -2.29. The number of imidazole rings is 1. The molecule has 0 saturated heterocycles. The molecule has 0 aliphatic carbocycles. The van der Waals surface area contributed by atoms with E-state index in [4.69, 9.17) is 4.74 Å². The number of H-pyrrole nitrogens is 1. The van der Waals surface area contributed by atoms with Gasteiger partial charge in [0.2, 0.25) is 5.95 Å². The fourth-order valence-electron chi connectivity index (χ4n) is 2.64. The highest BCUT2D eigenvalue weighted by atomic mass is 16.5. The third-order valence-corrected chi connectivity index (χ3v) is 3.96. The van der Waals surface area contributed by atoms with E-state index >= 15 is 0 Å². The molecule has 0 saturated carbocycles. The van der Waals surface area contributed by atoms with Gasteiger partial charge in [0.15, 0.2) is 11.2 Å². The quantitative estimate of drug-likeness (QED) is 0.532. The zero-order valence-electron chi connectivity index (χ0n) is 15.0. The van der Waals surface area contributed by atoms with Crippen molar-refractivity contribution >= 4 is 23.3 Å². The number of rotatable bonds is 5. The van der Waals surface area contributed by atoms with E-state index in [2.05, 4.69) is 20.5 Å². The minimum Gasteiger partial charge on any atom is -0.497 e. The summed E-state index contributed by atoms with van der Waals surface area (Å²) in [5.41, 5.74) is 3.37. The summed E-state index contributed by atoms with van der Waals surface area (Å²) in [4.78, 5) is 30.7. The van der Waals surface area contributed by atoms with Crippen LogP contribution in [0.15, 0.2) is 39.0 Å². The minimum atomic E-state index is -0.510. The fraction of sp³-hybridized carbons (Fsp3) is 0.294. The van der Waals surface area contributed by atoms with E-state index in [1.54, 1.807) is 24.9 Å². The van der Waals surface area contributed by atoms with Gasteiger partial charge in [-0.25, -0.2) is 10.2 Å². The Hall–Kier alpha value is -3.36. The molecule has 9 nitrogen and oxygen atoms in total. The first-order valence-corrected chi connectivity index (χ1v) is 8.06. The molecule has 2 heterocycles. The zero-order chi connectivity index (χ0) is 18.8. The molecule has 0 fully saturated rings. The van der Waals surface area contributed by atoms with Gasteiger partial charge in [-0.2, -0.15) is 10.1 Å². The van der Waals surface area contributed by atoms with Crippen LogP contribution < -0.4 is 21.4 Å². The first-order chi connectivity index (χ1) is 12.4. The Morgan fingerprint density at radius 2 is 1.96 bits per heavy atom. The highest BCUT2D eigenvalue weighted by molar-refractivity contribution is 5.80. The smallest absolute Gasteiger partial charge is 0.329 e. The summed E-state index contributed by atoms with van der Waals surface area (Å²) >= 11 is 0. The fourth-order valence-corrected chi connectivity index (χ4v) is 2.64. The number of aromatic amines is 1. The Labute approximate surface area is 148 Å². The van der Waals surface area contributed by atoms with E-state index in [1.807, 2.05) is 38.1 Å². The predicted octanol–water partition coefficient (Wildman–Crippen LogP) is 1.46. The number of nitrogens with zero attached hydrogens (tertiary/aromatic N) is 4. The SMILES string of the molecule is COc1ccc(C=NNc2nc3c(c(=O)[nH]c(=O)n3C)n2C(C)C)cc1. The van der Waals surface area contributed by atoms with Crippen molar-refractivity contribution in [3.8, 4) is 5.75 Å². The molecule has 0 radical (unpaired) electrons. The van der Waals surface area contributed by atoms with Gasteiger partial charge in [0.25, 0.3) is 5.56 Å². The average molecular weight is 356 g/mol. The van der Waals surface area contributed by atoms with Crippen LogP contribution in [0.3, 0.4) is 0 Å². The first-order valence-electron chi connectivity index (χ1n) is 8.06. The number of fused-ring (bicyclic) bond motifs is 1. The molecule has 0 bridgehead atoms. The molecule has 0 amide bonds. The Morgan fingerprint density at radius 3 is 2.58 bits per heavy atom. The van der Waals surface area contributed by atoms with Crippen LogP contribution >= 0.6 is 0 Å². The summed E-state index contributed by atoms with van der Waals surface area (Å²) in [5.74, 6) is 1.14. The largest absolute Gasteiger partial charge is 0.497 e. The van der Waals surface area contributed by atoms with Gasteiger partial charge in [0.1, 0.15) is 5.75 Å². The Kier molecular flexibility index (Phi) is 4.61. The lowest BCUT2D eigenvalue weighted by atomic mass is 10.2. The van der Waals surface area contributed by atoms with Crippen molar-refractivity contribution in [3.63, 3.8) is 0 Å². The monoisotopic (exact) mass is 356 g/mol. The predicted molar refractivity (Wildman–Crippen MR) is 100 cm³/mol. The summed E-state index contributed by atoms with van der Waals surface area (Å²) in [6.07, 6.45) is 1.63. The Bertz CT molecular complexity index is 1070. The molecule has 0 aliphatic heterocycles. The van der Waals surface area contributed by atoms with Crippen LogP contribution in [0.25, 0.3) is 11.2 Å². The van der Waals surface area contributed by atoms with E-state index in [1.165, 1.54) is 4.57 Å².